The molecule has 2 aromatic carbocycles. The number of fused-ring (bicyclic) bond motifs is 1. The topological polar surface area (TPSA) is 76.6 Å². The monoisotopic (exact) mass is 416 g/mol. The van der Waals surface area contributed by atoms with Gasteiger partial charge in [-0.05, 0) is 37.1 Å². The van der Waals surface area contributed by atoms with E-state index in [9.17, 15) is 13.2 Å². The second-order valence-electron chi connectivity index (χ2n) is 6.79. The Morgan fingerprint density at radius 1 is 1.21 bits per heavy atom. The summed E-state index contributed by atoms with van der Waals surface area (Å²) in [6, 6.07) is 14.1. The van der Waals surface area contributed by atoms with Crippen molar-refractivity contribution in [3.05, 3.63) is 54.1 Å². The van der Waals surface area contributed by atoms with E-state index in [1.807, 2.05) is 24.3 Å². The van der Waals surface area contributed by atoms with Crippen molar-refractivity contribution in [1.29, 1.82) is 0 Å². The SMILES string of the molecule is CS(=O)(=O)c1cccc2sc(N(C[C@@H]3CCCO3)C(=O)c3ccccc3)nc12. The number of carbonyl (C=O) groups is 1. The molecule has 3 aromatic rings. The average Bonchev–Trinajstić information content (AvgIpc) is 3.34. The van der Waals surface area contributed by atoms with Crippen LogP contribution in [0, 0.1) is 0 Å². The lowest BCUT2D eigenvalue weighted by Crippen LogP contribution is -2.37. The van der Waals surface area contributed by atoms with Crippen LogP contribution in [0.25, 0.3) is 10.2 Å². The number of aromatic nitrogens is 1. The lowest BCUT2D eigenvalue weighted by molar-refractivity contribution is 0.0917. The van der Waals surface area contributed by atoms with Gasteiger partial charge < -0.3 is 4.74 Å². The van der Waals surface area contributed by atoms with Crippen molar-refractivity contribution in [2.45, 2.75) is 23.8 Å². The van der Waals surface area contributed by atoms with E-state index in [4.69, 9.17) is 4.74 Å². The summed E-state index contributed by atoms with van der Waals surface area (Å²) in [5.74, 6) is -0.170. The first-order chi connectivity index (χ1) is 13.4. The van der Waals surface area contributed by atoms with Gasteiger partial charge in [-0.3, -0.25) is 9.69 Å². The number of sulfone groups is 1. The highest BCUT2D eigenvalue weighted by atomic mass is 32.2. The normalized spacial score (nSPS) is 17.1. The molecule has 0 spiro atoms. The number of nitrogens with zero attached hydrogens (tertiary/aromatic N) is 2. The zero-order chi connectivity index (χ0) is 19.7. The highest BCUT2D eigenvalue weighted by molar-refractivity contribution is 7.91. The number of thiazole rings is 1. The first-order valence-electron chi connectivity index (χ1n) is 9.01. The predicted octanol–water partition coefficient (Wildman–Crippen LogP) is 3.53. The lowest BCUT2D eigenvalue weighted by atomic mass is 10.2. The van der Waals surface area contributed by atoms with E-state index in [1.54, 1.807) is 29.2 Å². The molecule has 1 atom stereocenters. The fraction of sp³-hybridized carbons (Fsp3) is 0.300. The Morgan fingerprint density at radius 3 is 2.68 bits per heavy atom. The van der Waals surface area contributed by atoms with Crippen LogP contribution in [0.15, 0.2) is 53.4 Å². The molecule has 1 saturated heterocycles. The van der Waals surface area contributed by atoms with Gasteiger partial charge in [0.25, 0.3) is 5.91 Å². The molecule has 8 heteroatoms. The fourth-order valence-electron chi connectivity index (χ4n) is 3.30. The summed E-state index contributed by atoms with van der Waals surface area (Å²) < 4.78 is 30.7. The number of rotatable bonds is 5. The van der Waals surface area contributed by atoms with Gasteiger partial charge in [-0.25, -0.2) is 13.4 Å². The van der Waals surface area contributed by atoms with Crippen LogP contribution in [0.3, 0.4) is 0 Å². The van der Waals surface area contributed by atoms with Crippen LogP contribution in [0.4, 0.5) is 5.13 Å². The van der Waals surface area contributed by atoms with Crippen LogP contribution in [-0.4, -0.2) is 44.8 Å². The van der Waals surface area contributed by atoms with Crippen molar-refractivity contribution in [1.82, 2.24) is 4.98 Å². The smallest absolute Gasteiger partial charge is 0.260 e. The Hall–Kier alpha value is -2.29. The minimum absolute atomic E-state index is 0.0472. The maximum atomic E-state index is 13.2. The molecule has 28 heavy (non-hydrogen) atoms. The van der Waals surface area contributed by atoms with E-state index < -0.39 is 9.84 Å². The molecule has 0 unspecified atom stereocenters. The van der Waals surface area contributed by atoms with Gasteiger partial charge in [-0.15, -0.1) is 0 Å². The first kappa shape index (κ1) is 19.0. The van der Waals surface area contributed by atoms with E-state index in [2.05, 4.69) is 4.98 Å². The van der Waals surface area contributed by atoms with Gasteiger partial charge in [-0.1, -0.05) is 35.6 Å². The van der Waals surface area contributed by atoms with Crippen molar-refractivity contribution in [2.24, 2.45) is 0 Å². The van der Waals surface area contributed by atoms with Gasteiger partial charge in [0.2, 0.25) is 0 Å². The Morgan fingerprint density at radius 2 is 2.00 bits per heavy atom. The van der Waals surface area contributed by atoms with E-state index in [-0.39, 0.29) is 16.9 Å². The Kier molecular flexibility index (Phi) is 5.18. The molecule has 0 N–H and O–H groups in total. The standard InChI is InChI=1S/C20H20N2O4S2/c1-28(24,25)17-11-5-10-16-18(17)21-20(27-16)22(13-15-9-6-12-26-15)19(23)14-7-3-2-4-8-14/h2-5,7-8,10-11,15H,6,9,12-13H2,1H3/t15-/m0/s1. The number of hydrogen-bond acceptors (Lipinski definition) is 6. The minimum Gasteiger partial charge on any atom is -0.376 e. The number of ether oxygens (including phenoxy) is 1. The van der Waals surface area contributed by atoms with Crippen LogP contribution < -0.4 is 4.90 Å². The number of carbonyl (C=O) groups excluding carboxylic acids is 1. The first-order valence-corrected chi connectivity index (χ1v) is 11.7. The molecule has 0 bridgehead atoms. The number of hydrogen-bond donors (Lipinski definition) is 0. The van der Waals surface area contributed by atoms with Gasteiger partial charge in [0.05, 0.1) is 22.2 Å². The van der Waals surface area contributed by atoms with E-state index in [0.29, 0.717) is 29.4 Å². The molecule has 6 nitrogen and oxygen atoms in total. The largest absolute Gasteiger partial charge is 0.376 e. The Balaban J connectivity index is 1.78. The van der Waals surface area contributed by atoms with Crippen molar-refractivity contribution in [3.8, 4) is 0 Å². The molecule has 2 heterocycles. The molecule has 4 rings (SSSR count). The summed E-state index contributed by atoms with van der Waals surface area (Å²) in [7, 11) is -3.42. The van der Waals surface area contributed by atoms with Crippen LogP contribution in [0.2, 0.25) is 0 Å². The van der Waals surface area contributed by atoms with Crippen LogP contribution in [0.5, 0.6) is 0 Å². The summed E-state index contributed by atoms with van der Waals surface area (Å²) >= 11 is 1.32. The van der Waals surface area contributed by atoms with Gasteiger partial charge in [-0.2, -0.15) is 0 Å². The summed E-state index contributed by atoms with van der Waals surface area (Å²) in [6.07, 6.45) is 2.97. The van der Waals surface area contributed by atoms with Crippen molar-refractivity contribution in [3.63, 3.8) is 0 Å². The molecule has 1 aromatic heterocycles. The van der Waals surface area contributed by atoms with Crippen molar-refractivity contribution in [2.75, 3.05) is 24.3 Å². The van der Waals surface area contributed by atoms with Gasteiger partial charge in [0.15, 0.2) is 15.0 Å². The lowest BCUT2D eigenvalue weighted by Gasteiger charge is -2.23. The number of benzene rings is 2. The van der Waals surface area contributed by atoms with Crippen LogP contribution in [-0.2, 0) is 14.6 Å². The molecule has 0 aliphatic carbocycles. The molecule has 0 radical (unpaired) electrons. The van der Waals surface area contributed by atoms with E-state index in [0.717, 1.165) is 17.5 Å². The zero-order valence-corrected chi connectivity index (χ0v) is 17.0. The molecule has 1 aliphatic heterocycles. The summed E-state index contributed by atoms with van der Waals surface area (Å²) in [5.41, 5.74) is 0.964. The van der Waals surface area contributed by atoms with Gasteiger partial charge >= 0.3 is 0 Å². The zero-order valence-electron chi connectivity index (χ0n) is 15.4. The summed E-state index contributed by atoms with van der Waals surface area (Å²) in [4.78, 5) is 19.6. The summed E-state index contributed by atoms with van der Waals surface area (Å²) in [6.45, 7) is 1.08. The maximum absolute atomic E-state index is 13.2. The summed E-state index contributed by atoms with van der Waals surface area (Å²) in [5, 5.41) is 0.482. The minimum atomic E-state index is -3.42. The second-order valence-corrected chi connectivity index (χ2v) is 9.78. The molecule has 0 saturated carbocycles. The van der Waals surface area contributed by atoms with Gasteiger partial charge in [0.1, 0.15) is 5.52 Å². The van der Waals surface area contributed by atoms with E-state index in [1.165, 1.54) is 17.6 Å². The third kappa shape index (κ3) is 3.80. The molecular formula is C20H20N2O4S2. The highest BCUT2D eigenvalue weighted by Crippen LogP contribution is 2.34. The van der Waals surface area contributed by atoms with Crippen LogP contribution in [0.1, 0.15) is 23.2 Å². The molecular weight excluding hydrogens is 396 g/mol. The average molecular weight is 417 g/mol. The van der Waals surface area contributed by atoms with Crippen molar-refractivity contribution < 1.29 is 17.9 Å². The number of amides is 1. The Labute approximate surface area is 167 Å². The fourth-order valence-corrected chi connectivity index (χ4v) is 5.20. The molecule has 1 amide bonds. The second kappa shape index (κ2) is 7.62. The highest BCUT2D eigenvalue weighted by Gasteiger charge is 2.28. The van der Waals surface area contributed by atoms with Crippen LogP contribution >= 0.6 is 11.3 Å². The third-order valence-corrected chi connectivity index (χ3v) is 6.85. The number of anilines is 1. The molecule has 1 fully saturated rings. The number of para-hydroxylation sites is 1. The molecule has 1 aliphatic rings. The predicted molar refractivity (Wildman–Crippen MR) is 110 cm³/mol. The molecule has 146 valence electrons. The van der Waals surface area contributed by atoms with E-state index >= 15 is 0 Å². The van der Waals surface area contributed by atoms with Gasteiger partial charge in [0, 0.05) is 18.4 Å². The quantitative estimate of drug-likeness (QED) is 0.636. The third-order valence-electron chi connectivity index (χ3n) is 4.68. The maximum Gasteiger partial charge on any atom is 0.260 e. The Bertz CT molecular complexity index is 1100. The van der Waals surface area contributed by atoms with Crippen molar-refractivity contribution >= 4 is 42.4 Å².